The highest BCUT2D eigenvalue weighted by molar-refractivity contribution is 6.04. The molecule has 0 fully saturated rings. The van der Waals surface area contributed by atoms with Crippen molar-refractivity contribution in [1.29, 1.82) is 0 Å². The molecule has 0 aliphatic heterocycles. The van der Waals surface area contributed by atoms with Gasteiger partial charge in [-0.3, -0.25) is 4.79 Å². The smallest absolute Gasteiger partial charge is 0.331 e. The van der Waals surface area contributed by atoms with Gasteiger partial charge >= 0.3 is 6.18 Å². The van der Waals surface area contributed by atoms with Crippen LogP contribution in [0.3, 0.4) is 0 Å². The Kier molecular flexibility index (Phi) is 4.79. The summed E-state index contributed by atoms with van der Waals surface area (Å²) >= 11 is 0. The Bertz CT molecular complexity index is 914. The number of halogens is 3. The zero-order chi connectivity index (χ0) is 18.7. The van der Waals surface area contributed by atoms with E-state index < -0.39 is 17.6 Å². The number of rotatable bonds is 4. The predicted octanol–water partition coefficient (Wildman–Crippen LogP) is 4.51. The second kappa shape index (κ2) is 7.03. The minimum absolute atomic E-state index is 0.0999. The van der Waals surface area contributed by atoms with Gasteiger partial charge in [0.05, 0.1) is 5.56 Å². The van der Waals surface area contributed by atoms with E-state index in [4.69, 9.17) is 0 Å². The van der Waals surface area contributed by atoms with Crippen molar-refractivity contribution in [2.75, 3.05) is 5.32 Å². The van der Waals surface area contributed by atoms with Crippen molar-refractivity contribution in [1.82, 2.24) is 9.55 Å². The van der Waals surface area contributed by atoms with Crippen LogP contribution in [0.1, 0.15) is 27.3 Å². The Labute approximate surface area is 148 Å². The van der Waals surface area contributed by atoms with Crippen LogP contribution in [0.5, 0.6) is 0 Å². The van der Waals surface area contributed by atoms with Crippen LogP contribution in [0.2, 0.25) is 0 Å². The number of benzene rings is 2. The molecular weight excluding hydrogens is 343 g/mol. The number of nitrogens with zero attached hydrogens (tertiary/aromatic N) is 2. The third kappa shape index (κ3) is 4.11. The first-order valence-electron chi connectivity index (χ1n) is 7.88. The third-order valence-electron chi connectivity index (χ3n) is 3.94. The van der Waals surface area contributed by atoms with Crippen molar-refractivity contribution in [3.05, 3.63) is 83.4 Å². The summed E-state index contributed by atoms with van der Waals surface area (Å²) < 4.78 is 40.2. The van der Waals surface area contributed by atoms with E-state index in [0.29, 0.717) is 12.1 Å². The summed E-state index contributed by atoms with van der Waals surface area (Å²) in [6, 6.07) is 11.4. The lowest BCUT2D eigenvalue weighted by atomic mass is 10.1. The summed E-state index contributed by atoms with van der Waals surface area (Å²) in [5, 5.41) is 2.49. The van der Waals surface area contributed by atoms with Crippen molar-refractivity contribution in [3.63, 3.8) is 0 Å². The van der Waals surface area contributed by atoms with E-state index in [1.165, 1.54) is 12.1 Å². The molecule has 3 aromatic rings. The third-order valence-corrected chi connectivity index (χ3v) is 3.94. The van der Waals surface area contributed by atoms with Gasteiger partial charge in [-0.25, -0.2) is 4.98 Å². The molecule has 0 atom stereocenters. The van der Waals surface area contributed by atoms with Crippen molar-refractivity contribution in [2.24, 2.45) is 0 Å². The maximum atomic E-state index is 12.7. The molecule has 0 aliphatic rings. The average molecular weight is 359 g/mol. The van der Waals surface area contributed by atoms with Gasteiger partial charge in [0, 0.05) is 30.2 Å². The lowest BCUT2D eigenvalue weighted by Gasteiger charge is -2.10. The van der Waals surface area contributed by atoms with E-state index in [0.717, 1.165) is 23.5 Å². The van der Waals surface area contributed by atoms with E-state index in [1.54, 1.807) is 30.5 Å². The SMILES string of the molecule is Cc1nccn1Cc1ccc(C(=O)Nc2cccc(C(F)(F)F)c2)cc1. The van der Waals surface area contributed by atoms with E-state index >= 15 is 0 Å². The van der Waals surface area contributed by atoms with Gasteiger partial charge in [-0.1, -0.05) is 18.2 Å². The first-order chi connectivity index (χ1) is 12.3. The van der Waals surface area contributed by atoms with Crippen LogP contribution in [0.15, 0.2) is 60.9 Å². The minimum atomic E-state index is -4.45. The number of nitrogens with one attached hydrogen (secondary N) is 1. The van der Waals surface area contributed by atoms with Gasteiger partial charge < -0.3 is 9.88 Å². The first kappa shape index (κ1) is 17.7. The highest BCUT2D eigenvalue weighted by Crippen LogP contribution is 2.30. The average Bonchev–Trinajstić information content (AvgIpc) is 3.00. The summed E-state index contributed by atoms with van der Waals surface area (Å²) in [4.78, 5) is 16.4. The maximum absolute atomic E-state index is 12.7. The second-order valence-electron chi connectivity index (χ2n) is 5.83. The number of hydrogen-bond acceptors (Lipinski definition) is 2. The van der Waals surface area contributed by atoms with Crippen molar-refractivity contribution in [3.8, 4) is 0 Å². The summed E-state index contributed by atoms with van der Waals surface area (Å²) in [7, 11) is 0. The molecule has 1 aromatic heterocycles. The van der Waals surface area contributed by atoms with E-state index in [9.17, 15) is 18.0 Å². The minimum Gasteiger partial charge on any atom is -0.331 e. The Hall–Kier alpha value is -3.09. The topological polar surface area (TPSA) is 46.9 Å². The molecule has 2 aromatic carbocycles. The number of amides is 1. The molecular formula is C19H16F3N3O. The molecule has 7 heteroatoms. The van der Waals surface area contributed by atoms with Crippen molar-refractivity contribution >= 4 is 11.6 Å². The molecule has 0 aliphatic carbocycles. The number of imidazole rings is 1. The fourth-order valence-corrected chi connectivity index (χ4v) is 2.51. The molecule has 0 unspecified atom stereocenters. The molecule has 0 spiro atoms. The van der Waals surface area contributed by atoms with Crippen molar-refractivity contribution < 1.29 is 18.0 Å². The zero-order valence-corrected chi connectivity index (χ0v) is 13.9. The Balaban J connectivity index is 1.70. The lowest BCUT2D eigenvalue weighted by molar-refractivity contribution is -0.137. The highest BCUT2D eigenvalue weighted by Gasteiger charge is 2.30. The fourth-order valence-electron chi connectivity index (χ4n) is 2.51. The van der Waals surface area contributed by atoms with Gasteiger partial charge in [-0.05, 0) is 42.8 Å². The molecule has 0 saturated carbocycles. The van der Waals surface area contributed by atoms with Crippen LogP contribution >= 0.6 is 0 Å². The monoisotopic (exact) mass is 359 g/mol. The van der Waals surface area contributed by atoms with Gasteiger partial charge in [0.2, 0.25) is 0 Å². The maximum Gasteiger partial charge on any atom is 0.416 e. The number of carbonyl (C=O) groups is 1. The van der Waals surface area contributed by atoms with Crippen LogP contribution in [0.4, 0.5) is 18.9 Å². The van der Waals surface area contributed by atoms with Crippen LogP contribution in [-0.2, 0) is 12.7 Å². The molecule has 0 saturated heterocycles. The molecule has 0 radical (unpaired) electrons. The van der Waals surface area contributed by atoms with Crippen LogP contribution in [0, 0.1) is 6.92 Å². The molecule has 1 amide bonds. The number of aromatic nitrogens is 2. The predicted molar refractivity (Wildman–Crippen MR) is 91.9 cm³/mol. The lowest BCUT2D eigenvalue weighted by Crippen LogP contribution is -2.13. The van der Waals surface area contributed by atoms with E-state index in [1.807, 2.05) is 17.7 Å². The number of hydrogen-bond donors (Lipinski definition) is 1. The molecule has 0 bridgehead atoms. The van der Waals surface area contributed by atoms with Crippen LogP contribution in [-0.4, -0.2) is 15.5 Å². The first-order valence-corrected chi connectivity index (χ1v) is 7.88. The second-order valence-corrected chi connectivity index (χ2v) is 5.83. The standard InChI is InChI=1S/C19H16F3N3O/c1-13-23-9-10-25(13)12-14-5-7-15(8-6-14)18(26)24-17-4-2-3-16(11-17)19(20,21)22/h2-11H,12H2,1H3,(H,24,26). The Morgan fingerprint density at radius 2 is 1.88 bits per heavy atom. The largest absolute Gasteiger partial charge is 0.416 e. The number of alkyl halides is 3. The Morgan fingerprint density at radius 3 is 2.50 bits per heavy atom. The van der Waals surface area contributed by atoms with E-state index in [2.05, 4.69) is 10.3 Å². The molecule has 26 heavy (non-hydrogen) atoms. The molecule has 1 heterocycles. The number of carbonyl (C=O) groups excluding carboxylic acids is 1. The molecule has 134 valence electrons. The van der Waals surface area contributed by atoms with Gasteiger partial charge in [0.15, 0.2) is 0 Å². The summed E-state index contributed by atoms with van der Waals surface area (Å²) in [6.07, 6.45) is -0.871. The summed E-state index contributed by atoms with van der Waals surface area (Å²) in [6.45, 7) is 2.53. The highest BCUT2D eigenvalue weighted by atomic mass is 19.4. The van der Waals surface area contributed by atoms with E-state index in [-0.39, 0.29) is 5.69 Å². The molecule has 3 rings (SSSR count). The van der Waals surface area contributed by atoms with Crippen molar-refractivity contribution in [2.45, 2.75) is 19.6 Å². The normalized spacial score (nSPS) is 11.4. The Morgan fingerprint density at radius 1 is 1.15 bits per heavy atom. The fraction of sp³-hybridized carbons (Fsp3) is 0.158. The zero-order valence-electron chi connectivity index (χ0n) is 13.9. The van der Waals surface area contributed by atoms with Gasteiger partial charge in [-0.2, -0.15) is 13.2 Å². The van der Waals surface area contributed by atoms with Crippen LogP contribution < -0.4 is 5.32 Å². The number of aryl methyl sites for hydroxylation is 1. The van der Waals surface area contributed by atoms with Gasteiger partial charge in [0.25, 0.3) is 5.91 Å². The quantitative estimate of drug-likeness (QED) is 0.745. The van der Waals surface area contributed by atoms with Gasteiger partial charge in [0.1, 0.15) is 5.82 Å². The van der Waals surface area contributed by atoms with Crippen LogP contribution in [0.25, 0.3) is 0 Å². The van der Waals surface area contributed by atoms with Gasteiger partial charge in [-0.15, -0.1) is 0 Å². The summed E-state index contributed by atoms with van der Waals surface area (Å²) in [5.74, 6) is 0.422. The molecule has 1 N–H and O–H groups in total. The number of anilines is 1. The summed E-state index contributed by atoms with van der Waals surface area (Å²) in [5.41, 5.74) is 0.652. The molecule has 4 nitrogen and oxygen atoms in total.